The van der Waals surface area contributed by atoms with Gasteiger partial charge in [0.1, 0.15) is 11.6 Å². The largest absolute Gasteiger partial charge is 0.505 e. The highest BCUT2D eigenvalue weighted by Gasteiger charge is 2.25. The molecule has 1 aliphatic rings. The van der Waals surface area contributed by atoms with Crippen LogP contribution in [0.1, 0.15) is 24.9 Å². The van der Waals surface area contributed by atoms with Crippen molar-refractivity contribution in [1.82, 2.24) is 10.2 Å². The standard InChI is InChI=1S/C15H22FN3O/c1-10(2)7-14(19-5-3-18-4-6-19)12-8-11(16)9-13(17)15(12)20/h8-9,14,18,20H,1,3-7,17H2,2H3/t14-/m0/s1. The quantitative estimate of drug-likeness (QED) is 0.448. The van der Waals surface area contributed by atoms with Crippen LogP contribution in [0.4, 0.5) is 10.1 Å². The number of nitrogens with zero attached hydrogens (tertiary/aromatic N) is 1. The highest BCUT2D eigenvalue weighted by Crippen LogP contribution is 2.37. The van der Waals surface area contributed by atoms with E-state index in [0.29, 0.717) is 12.0 Å². The van der Waals surface area contributed by atoms with E-state index in [9.17, 15) is 9.50 Å². The van der Waals surface area contributed by atoms with Crippen molar-refractivity contribution in [3.63, 3.8) is 0 Å². The van der Waals surface area contributed by atoms with Crippen LogP contribution in [0.3, 0.4) is 0 Å². The van der Waals surface area contributed by atoms with Crippen molar-refractivity contribution in [2.24, 2.45) is 0 Å². The molecule has 0 saturated carbocycles. The summed E-state index contributed by atoms with van der Waals surface area (Å²) in [6, 6.07) is 2.43. The average Bonchev–Trinajstić information content (AvgIpc) is 2.41. The van der Waals surface area contributed by atoms with E-state index in [1.165, 1.54) is 6.07 Å². The Morgan fingerprint density at radius 3 is 2.75 bits per heavy atom. The molecular weight excluding hydrogens is 257 g/mol. The van der Waals surface area contributed by atoms with Crippen LogP contribution in [0, 0.1) is 5.82 Å². The summed E-state index contributed by atoms with van der Waals surface area (Å²) < 4.78 is 13.6. The summed E-state index contributed by atoms with van der Waals surface area (Å²) in [4.78, 5) is 2.24. The van der Waals surface area contributed by atoms with Crippen LogP contribution in [-0.2, 0) is 0 Å². The summed E-state index contributed by atoms with van der Waals surface area (Å²) in [7, 11) is 0. The number of nitrogens with one attached hydrogen (secondary N) is 1. The molecule has 0 radical (unpaired) electrons. The number of halogens is 1. The van der Waals surface area contributed by atoms with E-state index in [1.807, 2.05) is 6.92 Å². The zero-order chi connectivity index (χ0) is 14.7. The Hall–Kier alpha value is -1.59. The minimum atomic E-state index is -0.419. The highest BCUT2D eigenvalue weighted by molar-refractivity contribution is 5.57. The van der Waals surface area contributed by atoms with Crippen LogP contribution >= 0.6 is 0 Å². The van der Waals surface area contributed by atoms with Gasteiger partial charge in [-0.15, -0.1) is 6.58 Å². The van der Waals surface area contributed by atoms with Crippen molar-refractivity contribution in [2.75, 3.05) is 31.9 Å². The van der Waals surface area contributed by atoms with Crippen LogP contribution in [0.5, 0.6) is 5.75 Å². The van der Waals surface area contributed by atoms with Gasteiger partial charge in [-0.1, -0.05) is 5.57 Å². The third-order valence-corrected chi connectivity index (χ3v) is 3.63. The molecule has 4 nitrogen and oxygen atoms in total. The van der Waals surface area contributed by atoms with Gasteiger partial charge in [0.2, 0.25) is 0 Å². The van der Waals surface area contributed by atoms with Gasteiger partial charge in [-0.25, -0.2) is 4.39 Å². The summed E-state index contributed by atoms with van der Waals surface area (Å²) in [5.74, 6) is -0.437. The van der Waals surface area contributed by atoms with Crippen LogP contribution < -0.4 is 11.1 Å². The zero-order valence-electron chi connectivity index (χ0n) is 11.8. The van der Waals surface area contributed by atoms with Gasteiger partial charge in [-0.05, 0) is 19.4 Å². The number of phenols is 1. The van der Waals surface area contributed by atoms with Gasteiger partial charge in [-0.2, -0.15) is 0 Å². The number of phenolic OH excluding ortho intramolecular Hbond substituents is 1. The molecule has 0 spiro atoms. The van der Waals surface area contributed by atoms with E-state index in [1.54, 1.807) is 0 Å². The van der Waals surface area contributed by atoms with Crippen LogP contribution in [0.25, 0.3) is 0 Å². The monoisotopic (exact) mass is 279 g/mol. The van der Waals surface area contributed by atoms with Gasteiger partial charge < -0.3 is 16.2 Å². The number of anilines is 1. The number of rotatable bonds is 4. The van der Waals surface area contributed by atoms with Crippen molar-refractivity contribution in [3.8, 4) is 5.75 Å². The first-order valence-electron chi connectivity index (χ1n) is 6.86. The van der Waals surface area contributed by atoms with Crippen molar-refractivity contribution < 1.29 is 9.50 Å². The summed E-state index contributed by atoms with van der Waals surface area (Å²) in [5, 5.41) is 13.5. The Labute approximate surface area is 119 Å². The van der Waals surface area contributed by atoms with Gasteiger partial charge in [0.25, 0.3) is 0 Å². The third-order valence-electron chi connectivity index (χ3n) is 3.63. The number of benzene rings is 1. The summed E-state index contributed by atoms with van der Waals surface area (Å²) in [6.45, 7) is 9.36. The van der Waals surface area contributed by atoms with Crippen LogP contribution in [0.15, 0.2) is 24.3 Å². The number of aromatic hydroxyl groups is 1. The van der Waals surface area contributed by atoms with E-state index >= 15 is 0 Å². The number of hydrogen-bond acceptors (Lipinski definition) is 4. The van der Waals surface area contributed by atoms with E-state index in [0.717, 1.165) is 37.8 Å². The minimum Gasteiger partial charge on any atom is -0.505 e. The highest BCUT2D eigenvalue weighted by atomic mass is 19.1. The molecule has 2 rings (SSSR count). The summed E-state index contributed by atoms with van der Waals surface area (Å²) in [5.41, 5.74) is 7.31. The molecule has 0 amide bonds. The van der Waals surface area contributed by atoms with Gasteiger partial charge in [0, 0.05) is 43.9 Å². The first kappa shape index (κ1) is 14.8. The number of nitrogen functional groups attached to an aromatic ring is 1. The van der Waals surface area contributed by atoms with Gasteiger partial charge in [-0.3, -0.25) is 4.90 Å². The lowest BCUT2D eigenvalue weighted by Gasteiger charge is -2.35. The zero-order valence-corrected chi connectivity index (χ0v) is 11.8. The van der Waals surface area contributed by atoms with Crippen molar-refractivity contribution in [3.05, 3.63) is 35.7 Å². The Morgan fingerprint density at radius 2 is 2.15 bits per heavy atom. The topological polar surface area (TPSA) is 61.5 Å². The first-order chi connectivity index (χ1) is 9.49. The molecule has 0 aliphatic carbocycles. The van der Waals surface area contributed by atoms with Crippen molar-refractivity contribution >= 4 is 5.69 Å². The third kappa shape index (κ3) is 3.29. The molecule has 110 valence electrons. The van der Waals surface area contributed by atoms with Gasteiger partial charge >= 0.3 is 0 Å². The Morgan fingerprint density at radius 1 is 1.50 bits per heavy atom. The molecule has 1 saturated heterocycles. The van der Waals surface area contributed by atoms with E-state index in [2.05, 4.69) is 16.8 Å². The molecule has 0 aromatic heterocycles. The van der Waals surface area contributed by atoms with E-state index in [-0.39, 0.29) is 17.5 Å². The summed E-state index contributed by atoms with van der Waals surface area (Å²) >= 11 is 0. The van der Waals surface area contributed by atoms with E-state index < -0.39 is 5.82 Å². The predicted octanol–water partition coefficient (Wildman–Crippen LogP) is 2.03. The Balaban J connectivity index is 2.37. The Bertz CT molecular complexity index is 498. The fourth-order valence-electron chi connectivity index (χ4n) is 2.66. The maximum atomic E-state index is 13.6. The van der Waals surface area contributed by atoms with Crippen LogP contribution in [0.2, 0.25) is 0 Å². The molecule has 1 aromatic rings. The van der Waals surface area contributed by atoms with Gasteiger partial charge in [0.15, 0.2) is 0 Å². The lowest BCUT2D eigenvalue weighted by atomic mass is 9.96. The van der Waals surface area contributed by atoms with Crippen LogP contribution in [-0.4, -0.2) is 36.2 Å². The molecule has 20 heavy (non-hydrogen) atoms. The molecule has 0 bridgehead atoms. The first-order valence-corrected chi connectivity index (χ1v) is 6.86. The normalized spacial score (nSPS) is 17.9. The maximum Gasteiger partial charge on any atom is 0.143 e. The number of nitrogens with two attached hydrogens (primary N) is 1. The smallest absolute Gasteiger partial charge is 0.143 e. The molecule has 0 unspecified atom stereocenters. The lowest BCUT2D eigenvalue weighted by molar-refractivity contribution is 0.169. The Kier molecular flexibility index (Phi) is 4.62. The molecule has 4 N–H and O–H groups in total. The molecule has 1 aromatic carbocycles. The maximum absolute atomic E-state index is 13.6. The fraction of sp³-hybridized carbons (Fsp3) is 0.467. The predicted molar refractivity (Wildman–Crippen MR) is 79.1 cm³/mol. The lowest BCUT2D eigenvalue weighted by Crippen LogP contribution is -2.45. The molecule has 5 heteroatoms. The van der Waals surface area contributed by atoms with Gasteiger partial charge in [0.05, 0.1) is 5.69 Å². The van der Waals surface area contributed by atoms with E-state index in [4.69, 9.17) is 5.73 Å². The van der Waals surface area contributed by atoms with Crippen molar-refractivity contribution in [1.29, 1.82) is 0 Å². The molecule has 1 aliphatic heterocycles. The number of hydrogen-bond donors (Lipinski definition) is 3. The fourth-order valence-corrected chi connectivity index (χ4v) is 2.66. The van der Waals surface area contributed by atoms with Crippen molar-refractivity contribution in [2.45, 2.75) is 19.4 Å². The number of piperazine rings is 1. The summed E-state index contributed by atoms with van der Waals surface area (Å²) in [6.07, 6.45) is 0.677. The molecule has 1 atom stereocenters. The second-order valence-electron chi connectivity index (χ2n) is 5.40. The second-order valence-corrected chi connectivity index (χ2v) is 5.40. The second kappa shape index (κ2) is 6.24. The minimum absolute atomic E-state index is 0.0174. The molecule has 1 fully saturated rings. The average molecular weight is 279 g/mol. The molecular formula is C15H22FN3O. The SMILES string of the molecule is C=C(C)C[C@@H](c1cc(F)cc(N)c1O)N1CCNCC1. The molecule has 1 heterocycles.